The fraction of sp³-hybridized carbons (Fsp3) is 0.188. The molecule has 1 aromatic carbocycles. The van der Waals surface area contributed by atoms with Gasteiger partial charge in [0.05, 0.1) is 0 Å². The quantitative estimate of drug-likeness (QED) is 0.654. The van der Waals surface area contributed by atoms with E-state index in [0.717, 1.165) is 4.47 Å². The van der Waals surface area contributed by atoms with Gasteiger partial charge in [0, 0.05) is 21.3 Å². The van der Waals surface area contributed by atoms with Crippen molar-refractivity contribution in [2.75, 3.05) is 0 Å². The fourth-order valence-electron chi connectivity index (χ4n) is 2.50. The molecule has 2 aromatic heterocycles. The Morgan fingerprint density at radius 3 is 2.67 bits per heavy atom. The minimum Gasteiger partial charge on any atom is -0.414 e. The van der Waals surface area contributed by atoms with Crippen LogP contribution < -0.4 is 0 Å². The lowest BCUT2D eigenvalue weighted by molar-refractivity contribution is 0.103. The average Bonchev–Trinajstić information content (AvgIpc) is 3.12. The number of H-pyrrole nitrogens is 1. The summed E-state index contributed by atoms with van der Waals surface area (Å²) in [5, 5.41) is 6.93. The highest BCUT2D eigenvalue weighted by Gasteiger charge is 2.24. The van der Waals surface area contributed by atoms with Gasteiger partial charge in [-0.15, -0.1) is 10.2 Å². The molecule has 0 fully saturated rings. The van der Waals surface area contributed by atoms with Gasteiger partial charge in [-0.2, -0.15) is 8.78 Å². The van der Waals surface area contributed by atoms with E-state index in [1.165, 1.54) is 0 Å². The first-order valence-corrected chi connectivity index (χ1v) is 7.79. The van der Waals surface area contributed by atoms with Crippen LogP contribution in [0.25, 0.3) is 11.6 Å². The zero-order chi connectivity index (χ0) is 17.4. The Morgan fingerprint density at radius 1 is 1.29 bits per heavy atom. The van der Waals surface area contributed by atoms with Gasteiger partial charge in [0.15, 0.2) is 5.78 Å². The van der Waals surface area contributed by atoms with E-state index in [1.807, 2.05) is 6.07 Å². The van der Waals surface area contributed by atoms with Gasteiger partial charge in [0.25, 0.3) is 11.8 Å². The monoisotopic (exact) mass is 395 g/mol. The van der Waals surface area contributed by atoms with Crippen molar-refractivity contribution in [1.29, 1.82) is 0 Å². The molecule has 24 heavy (non-hydrogen) atoms. The van der Waals surface area contributed by atoms with Crippen LogP contribution in [0.15, 0.2) is 33.2 Å². The van der Waals surface area contributed by atoms with Crippen LogP contribution >= 0.6 is 15.9 Å². The Hall–Kier alpha value is -2.35. The number of rotatable bonds is 4. The Bertz CT molecular complexity index is 918. The maximum atomic E-state index is 12.8. The number of aromatic nitrogens is 3. The zero-order valence-corrected chi connectivity index (χ0v) is 14.3. The standard InChI is InChI=1S/C16H12BrF2N3O2/c1-7-11(13(23)9-4-3-5-10(17)6-9)8(2)20-12(7)15-21-22-16(24-15)14(18)19/h3-6,14,20H,1-2H3. The van der Waals surface area contributed by atoms with Crippen molar-refractivity contribution in [3.63, 3.8) is 0 Å². The average molecular weight is 396 g/mol. The summed E-state index contributed by atoms with van der Waals surface area (Å²) in [6, 6.07) is 7.02. The predicted octanol–water partition coefficient (Wildman–Crippen LogP) is 4.61. The van der Waals surface area contributed by atoms with E-state index >= 15 is 0 Å². The molecule has 2 heterocycles. The van der Waals surface area contributed by atoms with Crippen LogP contribution in [0.2, 0.25) is 0 Å². The summed E-state index contributed by atoms with van der Waals surface area (Å²) >= 11 is 3.33. The molecule has 3 rings (SSSR count). The van der Waals surface area contributed by atoms with E-state index < -0.39 is 12.3 Å². The lowest BCUT2D eigenvalue weighted by atomic mass is 10.00. The molecule has 1 N–H and O–H groups in total. The second-order valence-corrected chi connectivity index (χ2v) is 6.13. The number of aromatic amines is 1. The van der Waals surface area contributed by atoms with Gasteiger partial charge in [-0.05, 0) is 31.5 Å². The molecule has 0 aliphatic heterocycles. The van der Waals surface area contributed by atoms with Crippen LogP contribution in [0.3, 0.4) is 0 Å². The summed E-state index contributed by atoms with van der Waals surface area (Å²) in [5.74, 6) is -1.00. The maximum Gasteiger partial charge on any atom is 0.314 e. The minimum absolute atomic E-state index is 0.0702. The van der Waals surface area contributed by atoms with Crippen molar-refractivity contribution >= 4 is 21.7 Å². The van der Waals surface area contributed by atoms with Gasteiger partial charge in [-0.25, -0.2) is 0 Å². The van der Waals surface area contributed by atoms with Gasteiger partial charge in [0.2, 0.25) is 0 Å². The third kappa shape index (κ3) is 2.89. The molecule has 0 radical (unpaired) electrons. The third-order valence-corrected chi connectivity index (χ3v) is 4.09. The normalized spacial score (nSPS) is 11.2. The summed E-state index contributed by atoms with van der Waals surface area (Å²) in [4.78, 5) is 15.7. The lowest BCUT2D eigenvalue weighted by Crippen LogP contribution is -2.03. The van der Waals surface area contributed by atoms with Gasteiger partial charge in [-0.3, -0.25) is 4.79 Å². The van der Waals surface area contributed by atoms with E-state index in [-0.39, 0.29) is 11.7 Å². The van der Waals surface area contributed by atoms with E-state index in [4.69, 9.17) is 4.42 Å². The second-order valence-electron chi connectivity index (χ2n) is 5.21. The minimum atomic E-state index is -2.84. The zero-order valence-electron chi connectivity index (χ0n) is 12.7. The van der Waals surface area contributed by atoms with Gasteiger partial charge in [0.1, 0.15) is 5.69 Å². The first-order chi connectivity index (χ1) is 11.4. The highest BCUT2D eigenvalue weighted by Crippen LogP contribution is 2.30. The Balaban J connectivity index is 2.04. The fourth-order valence-corrected chi connectivity index (χ4v) is 2.90. The SMILES string of the molecule is Cc1[nH]c(-c2nnc(C(F)F)o2)c(C)c1C(=O)c1cccc(Br)c1. The second kappa shape index (κ2) is 6.27. The molecule has 3 aromatic rings. The molecule has 0 saturated heterocycles. The number of carbonyl (C=O) groups excluding carboxylic acids is 1. The smallest absolute Gasteiger partial charge is 0.314 e. The van der Waals surface area contributed by atoms with Crippen LogP contribution in [-0.2, 0) is 0 Å². The molecule has 0 aliphatic carbocycles. The van der Waals surface area contributed by atoms with Crippen LogP contribution in [0, 0.1) is 13.8 Å². The van der Waals surface area contributed by atoms with Gasteiger partial charge < -0.3 is 9.40 Å². The topological polar surface area (TPSA) is 71.8 Å². The van der Waals surface area contributed by atoms with Crippen molar-refractivity contribution in [3.05, 3.63) is 57.0 Å². The van der Waals surface area contributed by atoms with Gasteiger partial charge >= 0.3 is 6.43 Å². The molecule has 0 aliphatic rings. The molecule has 124 valence electrons. The molecule has 0 bridgehead atoms. The lowest BCUT2D eigenvalue weighted by Gasteiger charge is -2.03. The molecule has 0 amide bonds. The molecule has 0 unspecified atom stereocenters. The number of carbonyl (C=O) groups is 1. The number of nitrogens with one attached hydrogen (secondary N) is 1. The van der Waals surface area contributed by atoms with E-state index in [1.54, 1.807) is 32.0 Å². The Labute approximate surface area is 144 Å². The molecular formula is C16H12BrF2N3O2. The van der Waals surface area contributed by atoms with Crippen LogP contribution in [0.1, 0.15) is 39.5 Å². The largest absolute Gasteiger partial charge is 0.414 e. The summed E-state index contributed by atoms with van der Waals surface area (Å²) in [6.45, 7) is 3.43. The summed E-state index contributed by atoms with van der Waals surface area (Å²) in [7, 11) is 0. The van der Waals surface area contributed by atoms with Crippen molar-refractivity contribution < 1.29 is 18.0 Å². The number of benzene rings is 1. The number of hydrogen-bond donors (Lipinski definition) is 1. The first-order valence-electron chi connectivity index (χ1n) is 7.00. The maximum absolute atomic E-state index is 12.8. The predicted molar refractivity (Wildman–Crippen MR) is 86.1 cm³/mol. The van der Waals surface area contributed by atoms with Crippen molar-refractivity contribution in [2.45, 2.75) is 20.3 Å². The van der Waals surface area contributed by atoms with Crippen molar-refractivity contribution in [3.8, 4) is 11.6 Å². The van der Waals surface area contributed by atoms with Crippen LogP contribution in [0.5, 0.6) is 0 Å². The summed E-state index contributed by atoms with van der Waals surface area (Å²) in [6.07, 6.45) is -2.84. The van der Waals surface area contributed by atoms with E-state index in [0.29, 0.717) is 28.1 Å². The Kier molecular flexibility index (Phi) is 4.31. The number of hydrogen-bond acceptors (Lipinski definition) is 4. The molecule has 8 heteroatoms. The number of aryl methyl sites for hydroxylation is 1. The number of alkyl halides is 2. The highest BCUT2D eigenvalue weighted by molar-refractivity contribution is 9.10. The van der Waals surface area contributed by atoms with E-state index in [2.05, 4.69) is 31.1 Å². The summed E-state index contributed by atoms with van der Waals surface area (Å²) < 4.78 is 31.0. The van der Waals surface area contributed by atoms with Crippen molar-refractivity contribution in [2.24, 2.45) is 0 Å². The highest BCUT2D eigenvalue weighted by atomic mass is 79.9. The molecule has 0 atom stereocenters. The Morgan fingerprint density at radius 2 is 2.04 bits per heavy atom. The van der Waals surface area contributed by atoms with Crippen LogP contribution in [-0.4, -0.2) is 21.0 Å². The molecular weight excluding hydrogens is 384 g/mol. The molecule has 0 saturated carbocycles. The molecule has 5 nitrogen and oxygen atoms in total. The van der Waals surface area contributed by atoms with Gasteiger partial charge in [-0.1, -0.05) is 28.1 Å². The third-order valence-electron chi connectivity index (χ3n) is 3.59. The number of ketones is 1. The summed E-state index contributed by atoms with van der Waals surface area (Å²) in [5.41, 5.74) is 2.51. The number of halogens is 3. The van der Waals surface area contributed by atoms with Crippen molar-refractivity contribution in [1.82, 2.24) is 15.2 Å². The number of nitrogens with zero attached hydrogens (tertiary/aromatic N) is 2. The first kappa shape index (κ1) is 16.5. The van der Waals surface area contributed by atoms with Crippen LogP contribution in [0.4, 0.5) is 8.78 Å². The molecule has 0 spiro atoms. The van der Waals surface area contributed by atoms with E-state index in [9.17, 15) is 13.6 Å².